The summed E-state index contributed by atoms with van der Waals surface area (Å²) in [6, 6.07) is 0. The van der Waals surface area contributed by atoms with Gasteiger partial charge in [0.1, 0.15) is 4.88 Å². The second kappa shape index (κ2) is 5.09. The van der Waals surface area contributed by atoms with Crippen LogP contribution in [0, 0.1) is 12.8 Å². The first kappa shape index (κ1) is 11.9. The van der Waals surface area contributed by atoms with Gasteiger partial charge in [-0.15, -0.1) is 0 Å². The molecule has 0 bridgehead atoms. The third-order valence-corrected chi connectivity index (χ3v) is 2.93. The standard InChI is InChI=1S/C9H15N3O2S/c1-5(4-13)3-11-8(14)7-6(2)12-9(10)15-7/h5,13H,3-4H2,1-2H3,(H2,10,12)(H,11,14). The number of aromatic nitrogens is 1. The number of aliphatic hydroxyl groups excluding tert-OH is 1. The van der Waals surface area contributed by atoms with Gasteiger partial charge in [-0.3, -0.25) is 4.79 Å². The van der Waals surface area contributed by atoms with Crippen molar-refractivity contribution in [2.75, 3.05) is 18.9 Å². The molecule has 5 nitrogen and oxygen atoms in total. The number of hydrogen-bond donors (Lipinski definition) is 3. The molecule has 0 aromatic carbocycles. The van der Waals surface area contributed by atoms with Crippen LogP contribution in [0.5, 0.6) is 0 Å². The fourth-order valence-electron chi connectivity index (χ4n) is 1.04. The molecule has 0 aliphatic heterocycles. The van der Waals surface area contributed by atoms with Crippen molar-refractivity contribution in [3.05, 3.63) is 10.6 Å². The van der Waals surface area contributed by atoms with E-state index in [-0.39, 0.29) is 18.4 Å². The van der Waals surface area contributed by atoms with Gasteiger partial charge in [-0.2, -0.15) is 0 Å². The van der Waals surface area contributed by atoms with Crippen molar-refractivity contribution in [3.8, 4) is 0 Å². The van der Waals surface area contributed by atoms with Crippen molar-refractivity contribution < 1.29 is 9.90 Å². The summed E-state index contributed by atoms with van der Waals surface area (Å²) in [5, 5.41) is 11.9. The Balaban J connectivity index is 2.58. The number of nitrogens with two attached hydrogens (primary N) is 1. The number of thiazole rings is 1. The Kier molecular flexibility index (Phi) is 4.05. The highest BCUT2D eigenvalue weighted by Crippen LogP contribution is 2.19. The lowest BCUT2D eigenvalue weighted by Crippen LogP contribution is -2.29. The maximum atomic E-state index is 11.6. The van der Waals surface area contributed by atoms with Gasteiger partial charge in [0.15, 0.2) is 5.13 Å². The van der Waals surface area contributed by atoms with Crippen LogP contribution in [0.2, 0.25) is 0 Å². The van der Waals surface area contributed by atoms with Crippen molar-refractivity contribution in [3.63, 3.8) is 0 Å². The molecule has 84 valence electrons. The molecule has 1 atom stereocenters. The van der Waals surface area contributed by atoms with E-state index in [2.05, 4.69) is 10.3 Å². The molecule has 0 aliphatic rings. The number of rotatable bonds is 4. The van der Waals surface area contributed by atoms with E-state index in [1.165, 1.54) is 11.3 Å². The molecule has 1 heterocycles. The first-order valence-electron chi connectivity index (χ1n) is 4.66. The SMILES string of the molecule is Cc1nc(N)sc1C(=O)NCC(C)CO. The minimum absolute atomic E-state index is 0.0551. The molecule has 1 aromatic rings. The van der Waals surface area contributed by atoms with Crippen LogP contribution in [0.4, 0.5) is 5.13 Å². The number of carbonyl (C=O) groups is 1. The number of nitrogen functional groups attached to an aromatic ring is 1. The molecule has 1 aromatic heterocycles. The number of aryl methyl sites for hydroxylation is 1. The average Bonchev–Trinajstić information content (AvgIpc) is 2.53. The molecule has 15 heavy (non-hydrogen) atoms. The highest BCUT2D eigenvalue weighted by molar-refractivity contribution is 7.17. The Labute approximate surface area is 92.3 Å². The van der Waals surface area contributed by atoms with Crippen molar-refractivity contribution in [1.29, 1.82) is 0 Å². The third-order valence-electron chi connectivity index (χ3n) is 1.94. The highest BCUT2D eigenvalue weighted by atomic mass is 32.1. The summed E-state index contributed by atoms with van der Waals surface area (Å²) < 4.78 is 0. The Bertz CT molecular complexity index is 351. The number of carbonyl (C=O) groups excluding carboxylic acids is 1. The zero-order valence-electron chi connectivity index (χ0n) is 8.78. The van der Waals surface area contributed by atoms with Crippen molar-refractivity contribution >= 4 is 22.4 Å². The summed E-state index contributed by atoms with van der Waals surface area (Å²) in [6.45, 7) is 4.11. The van der Waals surface area contributed by atoms with Gasteiger partial charge in [0.2, 0.25) is 0 Å². The van der Waals surface area contributed by atoms with Crippen LogP contribution in [0.15, 0.2) is 0 Å². The van der Waals surface area contributed by atoms with E-state index in [9.17, 15) is 4.79 Å². The van der Waals surface area contributed by atoms with Gasteiger partial charge in [-0.05, 0) is 12.8 Å². The molecule has 1 rings (SSSR count). The molecule has 0 saturated carbocycles. The Morgan fingerprint density at radius 2 is 2.40 bits per heavy atom. The first-order chi connectivity index (χ1) is 7.04. The van der Waals surface area contributed by atoms with Gasteiger partial charge >= 0.3 is 0 Å². The van der Waals surface area contributed by atoms with Gasteiger partial charge in [-0.25, -0.2) is 4.98 Å². The van der Waals surface area contributed by atoms with E-state index in [0.717, 1.165) is 0 Å². The first-order valence-corrected chi connectivity index (χ1v) is 5.48. The summed E-state index contributed by atoms with van der Waals surface area (Å²) in [4.78, 5) is 16.1. The molecule has 0 fully saturated rings. The van der Waals surface area contributed by atoms with Crippen molar-refractivity contribution in [1.82, 2.24) is 10.3 Å². The van der Waals surface area contributed by atoms with E-state index in [0.29, 0.717) is 22.2 Å². The van der Waals surface area contributed by atoms with Crippen LogP contribution in [-0.2, 0) is 0 Å². The Morgan fingerprint density at radius 3 is 2.87 bits per heavy atom. The third kappa shape index (κ3) is 3.17. The largest absolute Gasteiger partial charge is 0.396 e. The number of aliphatic hydroxyl groups is 1. The van der Waals surface area contributed by atoms with Crippen LogP contribution in [0.1, 0.15) is 22.3 Å². The highest BCUT2D eigenvalue weighted by Gasteiger charge is 2.14. The average molecular weight is 229 g/mol. The quantitative estimate of drug-likeness (QED) is 0.697. The zero-order chi connectivity index (χ0) is 11.4. The predicted octanol–water partition coefficient (Wildman–Crippen LogP) is 0.392. The van der Waals surface area contributed by atoms with Gasteiger partial charge in [0.25, 0.3) is 5.91 Å². The molecule has 0 spiro atoms. The van der Waals surface area contributed by atoms with E-state index < -0.39 is 0 Å². The van der Waals surface area contributed by atoms with Gasteiger partial charge < -0.3 is 16.2 Å². The minimum atomic E-state index is -0.179. The molecule has 6 heteroatoms. The molecule has 0 radical (unpaired) electrons. The number of amides is 1. The minimum Gasteiger partial charge on any atom is -0.396 e. The van der Waals surface area contributed by atoms with Crippen LogP contribution in [0.25, 0.3) is 0 Å². The molecule has 0 saturated heterocycles. The molecular formula is C9H15N3O2S. The smallest absolute Gasteiger partial charge is 0.263 e. The van der Waals surface area contributed by atoms with E-state index in [1.807, 2.05) is 6.92 Å². The molecule has 4 N–H and O–H groups in total. The van der Waals surface area contributed by atoms with Crippen LogP contribution < -0.4 is 11.1 Å². The summed E-state index contributed by atoms with van der Waals surface area (Å²) >= 11 is 1.17. The van der Waals surface area contributed by atoms with Gasteiger partial charge in [-0.1, -0.05) is 18.3 Å². The van der Waals surface area contributed by atoms with Crippen LogP contribution in [0.3, 0.4) is 0 Å². The second-order valence-electron chi connectivity index (χ2n) is 3.46. The van der Waals surface area contributed by atoms with E-state index in [1.54, 1.807) is 6.92 Å². The lowest BCUT2D eigenvalue weighted by Gasteiger charge is -2.08. The van der Waals surface area contributed by atoms with Gasteiger partial charge in [0.05, 0.1) is 5.69 Å². The number of nitrogens with one attached hydrogen (secondary N) is 1. The molecular weight excluding hydrogens is 214 g/mol. The lowest BCUT2D eigenvalue weighted by molar-refractivity contribution is 0.0945. The number of hydrogen-bond acceptors (Lipinski definition) is 5. The number of nitrogens with zero attached hydrogens (tertiary/aromatic N) is 1. The Hall–Kier alpha value is -1.14. The monoisotopic (exact) mass is 229 g/mol. The van der Waals surface area contributed by atoms with E-state index in [4.69, 9.17) is 10.8 Å². The van der Waals surface area contributed by atoms with Crippen LogP contribution in [-0.4, -0.2) is 29.1 Å². The van der Waals surface area contributed by atoms with Crippen LogP contribution >= 0.6 is 11.3 Å². The lowest BCUT2D eigenvalue weighted by atomic mass is 10.2. The van der Waals surface area contributed by atoms with Crippen molar-refractivity contribution in [2.45, 2.75) is 13.8 Å². The maximum Gasteiger partial charge on any atom is 0.263 e. The number of anilines is 1. The summed E-state index contributed by atoms with van der Waals surface area (Å²) in [5.74, 6) is -0.124. The fourth-order valence-corrected chi connectivity index (χ4v) is 1.79. The predicted molar refractivity (Wildman–Crippen MR) is 59.8 cm³/mol. The van der Waals surface area contributed by atoms with E-state index >= 15 is 0 Å². The molecule has 0 aliphatic carbocycles. The Morgan fingerprint density at radius 1 is 1.73 bits per heavy atom. The second-order valence-corrected chi connectivity index (χ2v) is 4.50. The van der Waals surface area contributed by atoms with Gasteiger partial charge in [0, 0.05) is 13.2 Å². The summed E-state index contributed by atoms with van der Waals surface area (Å²) in [6.07, 6.45) is 0. The normalized spacial score (nSPS) is 12.5. The summed E-state index contributed by atoms with van der Waals surface area (Å²) in [7, 11) is 0. The topological polar surface area (TPSA) is 88.2 Å². The fraction of sp³-hybridized carbons (Fsp3) is 0.556. The maximum absolute atomic E-state index is 11.6. The van der Waals surface area contributed by atoms with Crippen molar-refractivity contribution in [2.24, 2.45) is 5.92 Å². The molecule has 1 unspecified atom stereocenters. The zero-order valence-corrected chi connectivity index (χ0v) is 9.60. The summed E-state index contributed by atoms with van der Waals surface area (Å²) in [5.41, 5.74) is 6.13. The molecule has 1 amide bonds.